The van der Waals surface area contributed by atoms with Gasteiger partial charge in [-0.1, -0.05) is 32.4 Å². The van der Waals surface area contributed by atoms with Crippen molar-refractivity contribution in [1.29, 1.82) is 0 Å². The molecule has 28 heavy (non-hydrogen) atoms. The zero-order valence-corrected chi connectivity index (χ0v) is 20.8. The lowest BCUT2D eigenvalue weighted by Crippen LogP contribution is -2.46. The maximum absolute atomic E-state index is 11.1. The lowest BCUT2D eigenvalue weighted by molar-refractivity contribution is 0.0126. The van der Waals surface area contributed by atoms with Crippen molar-refractivity contribution in [1.82, 2.24) is 9.97 Å². The van der Waals surface area contributed by atoms with Gasteiger partial charge in [0.2, 0.25) is 0 Å². The minimum Gasteiger partial charge on any atom is -0.443 e. The maximum atomic E-state index is 11.1. The van der Waals surface area contributed by atoms with E-state index in [1.165, 1.54) is 0 Å². The molecule has 7 nitrogen and oxygen atoms in total. The van der Waals surface area contributed by atoms with Gasteiger partial charge in [-0.25, -0.2) is 14.8 Å². The third-order valence-electron chi connectivity index (χ3n) is 5.71. The standard InChI is InChI=1S/C18H30BrClN4O3Si/c1-17(2,3)28(5,6)26-11-12-15(23-14(20)13(19)22-12)24-9-7-18(4,8-10-24)27-16(21)25/h7-11H2,1-6H3,(H2,21,25). The Bertz CT molecular complexity index is 734. The van der Waals surface area contributed by atoms with Crippen LogP contribution in [0.3, 0.4) is 0 Å². The molecule has 1 aromatic heterocycles. The minimum absolute atomic E-state index is 0.100. The zero-order valence-electron chi connectivity index (χ0n) is 17.4. The summed E-state index contributed by atoms with van der Waals surface area (Å²) in [5, 5.41) is 0.413. The van der Waals surface area contributed by atoms with Crippen LogP contribution in [0, 0.1) is 0 Å². The number of anilines is 1. The lowest BCUT2D eigenvalue weighted by atomic mass is 9.93. The second kappa shape index (κ2) is 8.45. The Balaban J connectivity index is 2.21. The van der Waals surface area contributed by atoms with Crippen molar-refractivity contribution in [2.24, 2.45) is 5.73 Å². The van der Waals surface area contributed by atoms with Gasteiger partial charge in [-0.05, 0) is 41.0 Å². The van der Waals surface area contributed by atoms with Gasteiger partial charge in [-0.3, -0.25) is 0 Å². The highest BCUT2D eigenvalue weighted by atomic mass is 79.9. The maximum Gasteiger partial charge on any atom is 0.405 e. The molecule has 1 aliphatic heterocycles. The first-order valence-corrected chi connectivity index (χ1v) is 13.4. The molecule has 0 unspecified atom stereocenters. The number of halogens is 2. The highest BCUT2D eigenvalue weighted by molar-refractivity contribution is 9.10. The molecule has 1 fully saturated rings. The molecule has 158 valence electrons. The summed E-state index contributed by atoms with van der Waals surface area (Å²) in [6.45, 7) is 14.6. The molecule has 0 atom stereocenters. The molecular weight excluding hydrogens is 464 g/mol. The Hall–Kier alpha value is -0.903. The molecule has 1 aromatic rings. The molecule has 0 spiro atoms. The number of primary amides is 1. The highest BCUT2D eigenvalue weighted by Crippen LogP contribution is 2.38. The summed E-state index contributed by atoms with van der Waals surface area (Å²) < 4.78 is 12.2. The van der Waals surface area contributed by atoms with Crippen molar-refractivity contribution >= 4 is 47.8 Å². The average Bonchev–Trinajstić information content (AvgIpc) is 2.54. The Kier molecular flexibility index (Phi) is 7.06. The summed E-state index contributed by atoms with van der Waals surface area (Å²) in [6.07, 6.45) is 0.549. The summed E-state index contributed by atoms with van der Waals surface area (Å²) >= 11 is 9.60. The third-order valence-corrected chi connectivity index (χ3v) is 11.2. The number of aromatic nitrogens is 2. The topological polar surface area (TPSA) is 90.6 Å². The van der Waals surface area contributed by atoms with E-state index < -0.39 is 20.0 Å². The normalized spacial score (nSPS) is 17.5. The number of hydrogen-bond acceptors (Lipinski definition) is 6. The van der Waals surface area contributed by atoms with E-state index in [2.05, 4.69) is 64.7 Å². The van der Waals surface area contributed by atoms with Crippen LogP contribution >= 0.6 is 27.5 Å². The Morgan fingerprint density at radius 1 is 1.32 bits per heavy atom. The number of nitrogens with zero attached hydrogens (tertiary/aromatic N) is 3. The molecule has 0 saturated carbocycles. The summed E-state index contributed by atoms with van der Waals surface area (Å²) in [5.74, 6) is 0.716. The first kappa shape index (κ1) is 23.4. The number of carbonyl (C=O) groups is 1. The molecule has 1 saturated heterocycles. The van der Waals surface area contributed by atoms with Crippen molar-refractivity contribution in [3.05, 3.63) is 15.5 Å². The number of piperidine rings is 1. The van der Waals surface area contributed by atoms with E-state index in [0.717, 1.165) is 5.69 Å². The average molecular weight is 494 g/mol. The van der Waals surface area contributed by atoms with Gasteiger partial charge in [-0.15, -0.1) is 0 Å². The predicted octanol–water partition coefficient (Wildman–Crippen LogP) is 4.87. The van der Waals surface area contributed by atoms with Crippen molar-refractivity contribution in [2.45, 2.75) is 70.9 Å². The van der Waals surface area contributed by atoms with E-state index in [1.54, 1.807) is 0 Å². The van der Waals surface area contributed by atoms with Gasteiger partial charge in [0.25, 0.3) is 0 Å². The Morgan fingerprint density at radius 3 is 2.39 bits per heavy atom. The summed E-state index contributed by atoms with van der Waals surface area (Å²) in [4.78, 5) is 22.4. The second-order valence-electron chi connectivity index (χ2n) is 8.98. The molecular formula is C18H30BrClN4O3Si. The number of ether oxygens (including phenoxy) is 1. The Labute approximate surface area is 181 Å². The van der Waals surface area contributed by atoms with Gasteiger partial charge in [0.05, 0.1) is 6.61 Å². The third kappa shape index (κ3) is 5.58. The smallest absolute Gasteiger partial charge is 0.405 e. The number of amides is 1. The minimum atomic E-state index is -1.94. The van der Waals surface area contributed by atoms with Gasteiger partial charge in [0.1, 0.15) is 15.9 Å². The molecule has 1 amide bonds. The van der Waals surface area contributed by atoms with E-state index in [-0.39, 0.29) is 5.04 Å². The first-order valence-electron chi connectivity index (χ1n) is 9.33. The van der Waals surface area contributed by atoms with Crippen LogP contribution < -0.4 is 10.6 Å². The van der Waals surface area contributed by atoms with Crippen molar-refractivity contribution in [3.8, 4) is 0 Å². The SMILES string of the molecule is CC1(OC(N)=O)CCN(c2nc(Cl)c(Br)nc2CO[Si](C)(C)C(C)(C)C)CC1. The number of rotatable bonds is 5. The summed E-state index contributed by atoms with van der Waals surface area (Å²) in [7, 11) is -1.94. The fourth-order valence-electron chi connectivity index (χ4n) is 2.77. The van der Waals surface area contributed by atoms with Crippen molar-refractivity contribution < 1.29 is 14.0 Å². The van der Waals surface area contributed by atoms with Crippen molar-refractivity contribution in [2.75, 3.05) is 18.0 Å². The van der Waals surface area contributed by atoms with Crippen LogP contribution in [0.2, 0.25) is 23.3 Å². The number of nitrogens with two attached hydrogens (primary N) is 1. The number of hydrogen-bond donors (Lipinski definition) is 1. The fourth-order valence-corrected chi connectivity index (χ4v) is 4.13. The highest BCUT2D eigenvalue weighted by Gasteiger charge is 2.38. The molecule has 0 radical (unpaired) electrons. The van der Waals surface area contributed by atoms with Gasteiger partial charge in [0.15, 0.2) is 19.3 Å². The summed E-state index contributed by atoms with van der Waals surface area (Å²) in [6, 6.07) is 0. The van der Waals surface area contributed by atoms with Gasteiger partial charge in [-0.2, -0.15) is 0 Å². The molecule has 2 heterocycles. The monoisotopic (exact) mass is 492 g/mol. The lowest BCUT2D eigenvalue weighted by Gasteiger charge is -2.39. The van der Waals surface area contributed by atoms with Crippen LogP contribution in [0.15, 0.2) is 4.60 Å². The zero-order chi connectivity index (χ0) is 21.3. The largest absolute Gasteiger partial charge is 0.443 e. The van der Waals surface area contributed by atoms with Gasteiger partial charge < -0.3 is 19.8 Å². The van der Waals surface area contributed by atoms with E-state index >= 15 is 0 Å². The molecule has 2 N–H and O–H groups in total. The second-order valence-corrected chi connectivity index (χ2v) is 14.9. The van der Waals surface area contributed by atoms with Crippen LogP contribution in [0.5, 0.6) is 0 Å². The van der Waals surface area contributed by atoms with Gasteiger partial charge in [0, 0.05) is 25.9 Å². The van der Waals surface area contributed by atoms with E-state index in [4.69, 9.17) is 26.5 Å². The predicted molar refractivity (Wildman–Crippen MR) is 117 cm³/mol. The molecule has 0 bridgehead atoms. The van der Waals surface area contributed by atoms with Crippen LogP contribution in [-0.2, 0) is 15.8 Å². The van der Waals surface area contributed by atoms with Crippen LogP contribution in [0.1, 0.15) is 46.2 Å². The summed E-state index contributed by atoms with van der Waals surface area (Å²) in [5.41, 5.74) is 5.39. The van der Waals surface area contributed by atoms with Crippen molar-refractivity contribution in [3.63, 3.8) is 0 Å². The molecule has 10 heteroatoms. The van der Waals surface area contributed by atoms with Crippen LogP contribution in [0.25, 0.3) is 0 Å². The van der Waals surface area contributed by atoms with E-state index in [0.29, 0.717) is 48.1 Å². The Morgan fingerprint density at radius 2 is 1.89 bits per heavy atom. The van der Waals surface area contributed by atoms with Crippen LogP contribution in [0.4, 0.5) is 10.6 Å². The molecule has 0 aromatic carbocycles. The molecule has 1 aliphatic rings. The first-order chi connectivity index (χ1) is 12.7. The molecule has 2 rings (SSSR count). The number of carbonyl (C=O) groups excluding carboxylic acids is 1. The quantitative estimate of drug-likeness (QED) is 0.589. The fraction of sp³-hybridized carbons (Fsp3) is 0.722. The van der Waals surface area contributed by atoms with Gasteiger partial charge >= 0.3 is 6.09 Å². The molecule has 0 aliphatic carbocycles. The van der Waals surface area contributed by atoms with E-state index in [1.807, 2.05) is 6.92 Å². The van der Waals surface area contributed by atoms with E-state index in [9.17, 15) is 4.79 Å². The van der Waals surface area contributed by atoms with Crippen LogP contribution in [-0.4, -0.2) is 43.1 Å².